The highest BCUT2D eigenvalue weighted by atomic mass is 35.5. The maximum atomic E-state index is 12.5. The number of aromatic nitrogens is 1. The average Bonchev–Trinajstić information content (AvgIpc) is 2.17. The van der Waals surface area contributed by atoms with Crippen molar-refractivity contribution in [3.05, 3.63) is 27.5 Å². The second kappa shape index (κ2) is 5.41. The summed E-state index contributed by atoms with van der Waals surface area (Å²) < 4.78 is 29.6. The number of carbonyl (C=O) groups excluding carboxylic acids is 1. The maximum absolute atomic E-state index is 12.5. The van der Waals surface area contributed by atoms with Crippen LogP contribution in [0.15, 0.2) is 6.20 Å². The summed E-state index contributed by atoms with van der Waals surface area (Å²) in [7, 11) is 0. The molecule has 0 aromatic carbocycles. The first-order valence-corrected chi connectivity index (χ1v) is 5.03. The van der Waals surface area contributed by atoms with Crippen molar-refractivity contribution in [1.82, 2.24) is 4.98 Å². The highest BCUT2D eigenvalue weighted by Gasteiger charge is 2.23. The van der Waals surface area contributed by atoms with Crippen molar-refractivity contribution in [2.75, 3.05) is 6.61 Å². The molecule has 0 atom stereocenters. The van der Waals surface area contributed by atoms with Gasteiger partial charge in [-0.3, -0.25) is 0 Å². The molecule has 1 aromatic heterocycles. The maximum Gasteiger partial charge on any atom is 0.342 e. The van der Waals surface area contributed by atoms with E-state index in [1.54, 1.807) is 6.92 Å². The summed E-state index contributed by atoms with van der Waals surface area (Å²) in [4.78, 5) is 14.8. The van der Waals surface area contributed by atoms with E-state index in [4.69, 9.17) is 23.2 Å². The first kappa shape index (κ1) is 13.1. The van der Waals surface area contributed by atoms with Crippen LogP contribution in [0, 0.1) is 0 Å². The fourth-order valence-electron chi connectivity index (χ4n) is 1.01. The Morgan fingerprint density at radius 3 is 2.69 bits per heavy atom. The molecule has 0 N–H and O–H groups in total. The molecule has 0 saturated heterocycles. The number of esters is 1. The van der Waals surface area contributed by atoms with Crippen LogP contribution in [0.1, 0.15) is 29.3 Å². The van der Waals surface area contributed by atoms with Gasteiger partial charge in [-0.1, -0.05) is 23.2 Å². The molecule has 16 heavy (non-hydrogen) atoms. The number of rotatable bonds is 3. The molecule has 0 aliphatic rings. The summed E-state index contributed by atoms with van der Waals surface area (Å²) in [6.45, 7) is 1.66. The third kappa shape index (κ3) is 2.59. The third-order valence-electron chi connectivity index (χ3n) is 1.71. The predicted molar refractivity (Wildman–Crippen MR) is 55.2 cm³/mol. The van der Waals surface area contributed by atoms with E-state index >= 15 is 0 Å². The number of nitrogens with zero attached hydrogens (tertiary/aromatic N) is 1. The molecule has 1 heterocycles. The van der Waals surface area contributed by atoms with Crippen molar-refractivity contribution < 1.29 is 18.3 Å². The SMILES string of the molecule is CCOC(=O)c1c(Cl)ncc(C(F)F)c1Cl. The first-order chi connectivity index (χ1) is 7.49. The Kier molecular flexibility index (Phi) is 4.44. The zero-order valence-electron chi connectivity index (χ0n) is 8.14. The molecule has 0 amide bonds. The lowest BCUT2D eigenvalue weighted by Crippen LogP contribution is -2.08. The first-order valence-electron chi connectivity index (χ1n) is 4.28. The molecule has 0 aliphatic heterocycles. The number of hydrogen-bond acceptors (Lipinski definition) is 3. The van der Waals surface area contributed by atoms with Gasteiger partial charge in [0.05, 0.1) is 17.2 Å². The minimum Gasteiger partial charge on any atom is -0.462 e. The molecule has 7 heteroatoms. The van der Waals surface area contributed by atoms with Crippen molar-refractivity contribution in [3.8, 4) is 0 Å². The van der Waals surface area contributed by atoms with E-state index in [1.165, 1.54) is 0 Å². The van der Waals surface area contributed by atoms with E-state index in [2.05, 4.69) is 9.72 Å². The van der Waals surface area contributed by atoms with Crippen LogP contribution < -0.4 is 0 Å². The molecular formula is C9H7Cl2F2NO2. The minimum atomic E-state index is -2.83. The molecule has 1 rings (SSSR count). The van der Waals surface area contributed by atoms with Crippen molar-refractivity contribution in [3.63, 3.8) is 0 Å². The lowest BCUT2D eigenvalue weighted by molar-refractivity contribution is 0.0526. The van der Waals surface area contributed by atoms with Gasteiger partial charge in [-0.2, -0.15) is 0 Å². The lowest BCUT2D eigenvalue weighted by Gasteiger charge is -2.09. The van der Waals surface area contributed by atoms with Gasteiger partial charge >= 0.3 is 5.97 Å². The van der Waals surface area contributed by atoms with E-state index in [0.29, 0.717) is 0 Å². The van der Waals surface area contributed by atoms with Crippen molar-refractivity contribution in [1.29, 1.82) is 0 Å². The number of carbonyl (C=O) groups is 1. The molecule has 0 fully saturated rings. The Balaban J connectivity index is 3.26. The molecule has 3 nitrogen and oxygen atoms in total. The van der Waals surface area contributed by atoms with E-state index in [0.717, 1.165) is 6.20 Å². The smallest absolute Gasteiger partial charge is 0.342 e. The summed E-state index contributed by atoms with van der Waals surface area (Å²) in [6, 6.07) is 0. The molecular weight excluding hydrogens is 263 g/mol. The molecule has 0 saturated carbocycles. The van der Waals surface area contributed by atoms with E-state index in [-0.39, 0.29) is 17.3 Å². The Morgan fingerprint density at radius 2 is 2.19 bits per heavy atom. The number of alkyl halides is 2. The summed E-state index contributed by atoms with van der Waals surface area (Å²) in [5, 5.41) is -0.679. The van der Waals surface area contributed by atoms with E-state index in [1.807, 2.05) is 0 Å². The van der Waals surface area contributed by atoms with Crippen molar-refractivity contribution in [2.24, 2.45) is 0 Å². The van der Waals surface area contributed by atoms with Crippen LogP contribution in [0.3, 0.4) is 0 Å². The molecule has 0 radical (unpaired) electrons. The third-order valence-corrected chi connectivity index (χ3v) is 2.40. The van der Waals surface area contributed by atoms with Crippen molar-refractivity contribution in [2.45, 2.75) is 13.3 Å². The van der Waals surface area contributed by atoms with Crippen LogP contribution in [-0.4, -0.2) is 17.6 Å². The van der Waals surface area contributed by atoms with E-state index in [9.17, 15) is 13.6 Å². The summed E-state index contributed by atoms with van der Waals surface area (Å²) in [6.07, 6.45) is -2.00. The Hall–Kier alpha value is -0.940. The van der Waals surface area contributed by atoms with Gasteiger partial charge in [-0.05, 0) is 6.92 Å². The second-order valence-corrected chi connectivity index (χ2v) is 3.45. The highest BCUT2D eigenvalue weighted by Crippen LogP contribution is 2.32. The molecule has 1 aromatic rings. The second-order valence-electron chi connectivity index (χ2n) is 2.71. The Labute approximate surface area is 100 Å². The topological polar surface area (TPSA) is 39.2 Å². The minimum absolute atomic E-state index is 0.0877. The summed E-state index contributed by atoms with van der Waals surface area (Å²) >= 11 is 11.2. The number of pyridine rings is 1. The van der Waals surface area contributed by atoms with Gasteiger partial charge in [-0.25, -0.2) is 18.6 Å². The average molecular weight is 270 g/mol. The normalized spacial score (nSPS) is 10.6. The highest BCUT2D eigenvalue weighted by molar-refractivity contribution is 6.39. The number of ether oxygens (including phenoxy) is 1. The Morgan fingerprint density at radius 1 is 1.56 bits per heavy atom. The molecule has 0 aliphatic carbocycles. The van der Waals surface area contributed by atoms with Gasteiger partial charge in [0.1, 0.15) is 10.7 Å². The van der Waals surface area contributed by atoms with E-state index < -0.39 is 23.0 Å². The fraction of sp³-hybridized carbons (Fsp3) is 0.333. The molecule has 88 valence electrons. The number of hydrogen-bond donors (Lipinski definition) is 0. The standard InChI is InChI=1S/C9H7Cl2F2NO2/c1-2-16-9(15)5-6(10)4(8(12)13)3-14-7(5)11/h3,8H,2H2,1H3. The van der Waals surface area contributed by atoms with Gasteiger partial charge in [0.2, 0.25) is 0 Å². The van der Waals surface area contributed by atoms with Crippen LogP contribution in [0.5, 0.6) is 0 Å². The zero-order valence-corrected chi connectivity index (χ0v) is 9.65. The summed E-state index contributed by atoms with van der Waals surface area (Å²) in [5.74, 6) is -0.868. The van der Waals surface area contributed by atoms with Gasteiger partial charge in [0.25, 0.3) is 6.43 Å². The molecule has 0 spiro atoms. The largest absolute Gasteiger partial charge is 0.462 e. The zero-order chi connectivity index (χ0) is 12.3. The van der Waals surface area contributed by atoms with Gasteiger partial charge in [0.15, 0.2) is 0 Å². The molecule has 0 unspecified atom stereocenters. The van der Waals surface area contributed by atoms with Crippen LogP contribution in [-0.2, 0) is 4.74 Å². The van der Waals surface area contributed by atoms with Gasteiger partial charge in [0, 0.05) is 6.20 Å². The quantitative estimate of drug-likeness (QED) is 0.623. The monoisotopic (exact) mass is 269 g/mol. The number of halogens is 4. The summed E-state index contributed by atoms with van der Waals surface area (Å²) in [5.41, 5.74) is -0.878. The lowest BCUT2D eigenvalue weighted by atomic mass is 10.2. The molecule has 0 bridgehead atoms. The van der Waals surface area contributed by atoms with Crippen LogP contribution in [0.4, 0.5) is 8.78 Å². The fourth-order valence-corrected chi connectivity index (χ4v) is 1.58. The predicted octanol–water partition coefficient (Wildman–Crippen LogP) is 3.50. The Bertz CT molecular complexity index is 413. The van der Waals surface area contributed by atoms with Crippen molar-refractivity contribution >= 4 is 29.2 Å². The van der Waals surface area contributed by atoms with Gasteiger partial charge in [-0.15, -0.1) is 0 Å². The van der Waals surface area contributed by atoms with Crippen LogP contribution in [0.25, 0.3) is 0 Å². The van der Waals surface area contributed by atoms with Crippen LogP contribution >= 0.6 is 23.2 Å². The van der Waals surface area contributed by atoms with Crippen LogP contribution in [0.2, 0.25) is 10.2 Å². The van der Waals surface area contributed by atoms with Gasteiger partial charge < -0.3 is 4.74 Å².